The molecule has 2 amide bonds. The molecule has 0 spiro atoms. The first kappa shape index (κ1) is 14.5. The first-order chi connectivity index (χ1) is 9.47. The number of hydrogen-bond acceptors (Lipinski definition) is 4. The number of carbonyl (C=O) groups excluding carboxylic acids is 2. The highest BCUT2D eigenvalue weighted by Crippen LogP contribution is 2.28. The van der Waals surface area contributed by atoms with Crippen LogP contribution in [0.5, 0.6) is 0 Å². The van der Waals surface area contributed by atoms with Gasteiger partial charge in [0.05, 0.1) is 16.9 Å². The molecule has 0 fully saturated rings. The highest BCUT2D eigenvalue weighted by molar-refractivity contribution is 7.19. The maximum Gasteiger partial charge on any atom is 0.259 e. The van der Waals surface area contributed by atoms with Gasteiger partial charge < -0.3 is 5.32 Å². The van der Waals surface area contributed by atoms with Crippen molar-refractivity contribution in [3.8, 4) is 0 Å². The molecule has 0 aliphatic carbocycles. The van der Waals surface area contributed by atoms with Gasteiger partial charge in [0.1, 0.15) is 4.34 Å². The molecule has 2 aromatic rings. The number of benzene rings is 1. The largest absolute Gasteiger partial charge is 0.326 e. The lowest BCUT2D eigenvalue weighted by Crippen LogP contribution is -2.16. The molecule has 2 N–H and O–H groups in total. The Labute approximate surface area is 125 Å². The molecule has 0 atom stereocenters. The molecule has 1 aromatic carbocycles. The van der Waals surface area contributed by atoms with E-state index in [9.17, 15) is 9.59 Å². The quantitative estimate of drug-likeness (QED) is 0.913. The molecule has 7 heteroatoms. The zero-order chi connectivity index (χ0) is 14.7. The van der Waals surface area contributed by atoms with E-state index in [-0.39, 0.29) is 11.8 Å². The molecular weight excluding hydrogens is 298 g/mol. The minimum absolute atomic E-state index is 0.238. The number of carbonyl (C=O) groups is 2. The Morgan fingerprint density at radius 3 is 2.55 bits per heavy atom. The van der Waals surface area contributed by atoms with E-state index < -0.39 is 0 Å². The highest BCUT2D eigenvalue weighted by Gasteiger charge is 2.14. The highest BCUT2D eigenvalue weighted by atomic mass is 35.5. The minimum atomic E-state index is -0.347. The van der Waals surface area contributed by atoms with E-state index in [0.717, 1.165) is 0 Å². The van der Waals surface area contributed by atoms with Crippen LogP contribution in [0.25, 0.3) is 0 Å². The van der Waals surface area contributed by atoms with Gasteiger partial charge in [-0.15, -0.1) is 0 Å². The predicted octanol–water partition coefficient (Wildman–Crippen LogP) is 3.32. The number of halogens is 1. The van der Waals surface area contributed by atoms with Crippen LogP contribution < -0.4 is 10.6 Å². The Hall–Kier alpha value is -1.92. The summed E-state index contributed by atoms with van der Waals surface area (Å²) < 4.78 is 0.537. The fraction of sp³-hybridized carbons (Fsp3) is 0.154. The number of nitrogens with zero attached hydrogens (tertiary/aromatic N) is 1. The zero-order valence-electron chi connectivity index (χ0n) is 10.9. The van der Waals surface area contributed by atoms with Crippen molar-refractivity contribution >= 4 is 45.6 Å². The summed E-state index contributed by atoms with van der Waals surface area (Å²) in [5.74, 6) is -0.585. The first-order valence-corrected chi connectivity index (χ1v) is 6.97. The van der Waals surface area contributed by atoms with E-state index in [1.54, 1.807) is 31.2 Å². The van der Waals surface area contributed by atoms with Crippen molar-refractivity contribution in [2.24, 2.45) is 0 Å². The van der Waals surface area contributed by atoms with Crippen LogP contribution in [0.15, 0.2) is 24.3 Å². The Morgan fingerprint density at radius 1 is 1.25 bits per heavy atom. The smallest absolute Gasteiger partial charge is 0.259 e. The van der Waals surface area contributed by atoms with Gasteiger partial charge in [-0.05, 0) is 19.1 Å². The summed E-state index contributed by atoms with van der Waals surface area (Å²) in [6, 6.07) is 6.76. The summed E-state index contributed by atoms with van der Waals surface area (Å²) in [5, 5.41) is 5.71. The molecule has 1 heterocycles. The van der Waals surface area contributed by atoms with Crippen LogP contribution in [0.2, 0.25) is 4.34 Å². The Morgan fingerprint density at radius 2 is 1.95 bits per heavy atom. The van der Waals surface area contributed by atoms with E-state index in [2.05, 4.69) is 15.6 Å². The lowest BCUT2D eigenvalue weighted by Gasteiger charge is -2.08. The van der Waals surface area contributed by atoms with Crippen molar-refractivity contribution in [1.82, 2.24) is 4.98 Å². The number of amides is 2. The molecule has 5 nitrogen and oxygen atoms in total. The lowest BCUT2D eigenvalue weighted by molar-refractivity contribution is -0.114. The first-order valence-electron chi connectivity index (χ1n) is 5.78. The third-order valence-electron chi connectivity index (χ3n) is 2.44. The van der Waals surface area contributed by atoms with Crippen molar-refractivity contribution in [3.63, 3.8) is 0 Å². The molecule has 1 aromatic heterocycles. The van der Waals surface area contributed by atoms with Gasteiger partial charge in [-0.1, -0.05) is 35.1 Å². The van der Waals surface area contributed by atoms with Crippen LogP contribution in [0.3, 0.4) is 0 Å². The van der Waals surface area contributed by atoms with Crippen LogP contribution in [-0.2, 0) is 4.79 Å². The number of aryl methyl sites for hydroxylation is 1. The molecule has 0 aliphatic heterocycles. The van der Waals surface area contributed by atoms with Crippen LogP contribution >= 0.6 is 22.9 Å². The molecule has 104 valence electrons. The zero-order valence-corrected chi connectivity index (χ0v) is 12.4. The van der Waals surface area contributed by atoms with Crippen LogP contribution in [-0.4, -0.2) is 16.8 Å². The average molecular weight is 310 g/mol. The predicted molar refractivity (Wildman–Crippen MR) is 80.6 cm³/mol. The van der Waals surface area contributed by atoms with E-state index in [1.165, 1.54) is 18.3 Å². The van der Waals surface area contributed by atoms with Crippen molar-refractivity contribution in [2.75, 3.05) is 10.6 Å². The summed E-state index contributed by atoms with van der Waals surface area (Å²) >= 11 is 7.10. The molecule has 0 unspecified atom stereocenters. The van der Waals surface area contributed by atoms with Gasteiger partial charge in [0, 0.05) is 6.92 Å². The Balaban J connectivity index is 2.22. The summed E-state index contributed by atoms with van der Waals surface area (Å²) in [7, 11) is 0. The van der Waals surface area contributed by atoms with Gasteiger partial charge in [0.25, 0.3) is 5.91 Å². The van der Waals surface area contributed by atoms with E-state index >= 15 is 0 Å². The Bertz CT molecular complexity index is 650. The van der Waals surface area contributed by atoms with Gasteiger partial charge in [-0.25, -0.2) is 4.98 Å². The van der Waals surface area contributed by atoms with Gasteiger partial charge in [0.2, 0.25) is 5.91 Å². The average Bonchev–Trinajstić information content (AvgIpc) is 2.68. The lowest BCUT2D eigenvalue weighted by atomic mass is 10.1. The normalized spacial score (nSPS) is 10.2. The summed E-state index contributed by atoms with van der Waals surface area (Å²) in [6.45, 7) is 3.15. The monoisotopic (exact) mass is 309 g/mol. The number of nitrogens with one attached hydrogen (secondary N) is 2. The Kier molecular flexibility index (Phi) is 4.36. The van der Waals surface area contributed by atoms with Gasteiger partial charge >= 0.3 is 0 Å². The number of aromatic nitrogens is 1. The van der Waals surface area contributed by atoms with Crippen LogP contribution in [0.1, 0.15) is 23.0 Å². The number of para-hydroxylation sites is 1. The summed E-state index contributed by atoms with van der Waals surface area (Å²) in [6.07, 6.45) is 0. The third kappa shape index (κ3) is 3.34. The van der Waals surface area contributed by atoms with Crippen molar-refractivity contribution < 1.29 is 9.59 Å². The second-order valence-corrected chi connectivity index (χ2v) is 5.66. The second-order valence-electron chi connectivity index (χ2n) is 4.06. The van der Waals surface area contributed by atoms with E-state index in [4.69, 9.17) is 11.6 Å². The molecule has 2 rings (SSSR count). The van der Waals surface area contributed by atoms with E-state index in [0.29, 0.717) is 26.4 Å². The third-order valence-corrected chi connectivity index (χ3v) is 3.81. The number of hydrogen-bond donors (Lipinski definition) is 2. The maximum atomic E-state index is 12.2. The molecule has 0 aliphatic rings. The number of thiazole rings is 1. The standard InChI is InChI=1S/C13H12ClN3O2S/c1-7-11(14)20-13(15-7)17-12(19)9-5-3-4-6-10(9)16-8(2)18/h3-6H,1-2H3,(H,16,18)(H,15,17,19). The molecular formula is C13H12ClN3O2S. The fourth-order valence-corrected chi connectivity index (χ4v) is 2.53. The molecule has 0 saturated heterocycles. The molecule has 20 heavy (non-hydrogen) atoms. The van der Waals surface area contributed by atoms with Crippen molar-refractivity contribution in [3.05, 3.63) is 39.9 Å². The van der Waals surface area contributed by atoms with Crippen molar-refractivity contribution in [1.29, 1.82) is 0 Å². The SMILES string of the molecule is CC(=O)Nc1ccccc1C(=O)Nc1nc(C)c(Cl)s1. The van der Waals surface area contributed by atoms with Gasteiger partial charge in [-0.3, -0.25) is 14.9 Å². The van der Waals surface area contributed by atoms with Crippen molar-refractivity contribution in [2.45, 2.75) is 13.8 Å². The fourth-order valence-electron chi connectivity index (χ4n) is 1.58. The minimum Gasteiger partial charge on any atom is -0.326 e. The topological polar surface area (TPSA) is 71.1 Å². The van der Waals surface area contributed by atoms with Gasteiger partial charge in [-0.2, -0.15) is 0 Å². The molecule has 0 bridgehead atoms. The van der Waals surface area contributed by atoms with Gasteiger partial charge in [0.15, 0.2) is 5.13 Å². The number of rotatable bonds is 3. The second kappa shape index (κ2) is 6.02. The molecule has 0 radical (unpaired) electrons. The number of anilines is 2. The van der Waals surface area contributed by atoms with Crippen LogP contribution in [0.4, 0.5) is 10.8 Å². The van der Waals surface area contributed by atoms with E-state index in [1.807, 2.05) is 0 Å². The summed E-state index contributed by atoms with van der Waals surface area (Å²) in [5.41, 5.74) is 1.49. The molecule has 0 saturated carbocycles. The summed E-state index contributed by atoms with van der Waals surface area (Å²) in [4.78, 5) is 27.5. The van der Waals surface area contributed by atoms with Crippen LogP contribution in [0, 0.1) is 6.92 Å². The maximum absolute atomic E-state index is 12.2.